The number of hydrogen-bond donors (Lipinski definition) is 0. The summed E-state index contributed by atoms with van der Waals surface area (Å²) in [4.78, 5) is 12.6. The second kappa shape index (κ2) is 6.66. The summed E-state index contributed by atoms with van der Waals surface area (Å²) in [5, 5.41) is 2.54. The molecule has 0 aliphatic carbocycles. The zero-order chi connectivity index (χ0) is 12.9. The molecule has 0 bridgehead atoms. The minimum atomic E-state index is -3.23. The molecule has 0 radical (unpaired) electrons. The highest BCUT2D eigenvalue weighted by Gasteiger charge is 2.25. The maximum Gasteiger partial charge on any atom is 0.337 e. The Morgan fingerprint density at radius 2 is 2.12 bits per heavy atom. The van der Waals surface area contributed by atoms with E-state index in [4.69, 9.17) is 20.6 Å². The van der Waals surface area contributed by atoms with Crippen LogP contribution in [-0.4, -0.2) is 26.2 Å². The van der Waals surface area contributed by atoms with E-state index in [0.29, 0.717) is 11.4 Å². The monoisotopic (exact) mass is 296 g/mol. The lowest BCUT2D eigenvalue weighted by atomic mass is 10.2. The molecule has 0 saturated carbocycles. The molecule has 0 atom stereocenters. The van der Waals surface area contributed by atoms with Gasteiger partial charge in [-0.15, -0.1) is 11.3 Å². The largest absolute Gasteiger partial charge is 0.337 e. The van der Waals surface area contributed by atoms with Gasteiger partial charge in [0.2, 0.25) is 0 Å². The van der Waals surface area contributed by atoms with Crippen LogP contribution in [0.5, 0.6) is 0 Å². The average Bonchev–Trinajstić information content (AvgIpc) is 2.72. The minimum Gasteiger partial charge on any atom is -0.312 e. The zero-order valence-electron chi connectivity index (χ0n) is 9.64. The molecule has 7 heteroatoms. The molecule has 0 saturated heterocycles. The molecule has 0 aromatic carbocycles. The molecular formula is C10H14ClO4PS. The Kier molecular flexibility index (Phi) is 5.83. The number of Topliss-reactive ketones (excluding diaryl/α,β-unsaturated/α-hetero) is 1. The Morgan fingerprint density at radius 3 is 2.59 bits per heavy atom. The fourth-order valence-corrected chi connectivity index (χ4v) is 3.39. The number of hydrogen-bond acceptors (Lipinski definition) is 5. The van der Waals surface area contributed by atoms with E-state index in [2.05, 4.69) is 0 Å². The van der Waals surface area contributed by atoms with Crippen LogP contribution in [0.2, 0.25) is 5.02 Å². The number of ketones is 1. The van der Waals surface area contributed by atoms with Crippen molar-refractivity contribution in [3.05, 3.63) is 21.3 Å². The van der Waals surface area contributed by atoms with Crippen LogP contribution in [0.15, 0.2) is 11.4 Å². The fraction of sp³-hybridized carbons (Fsp3) is 0.500. The number of carbonyl (C=O) groups excluding carboxylic acids is 1. The number of aryl methyl sites for hydroxylation is 1. The molecule has 4 nitrogen and oxygen atoms in total. The summed E-state index contributed by atoms with van der Waals surface area (Å²) >= 11 is 7.41. The van der Waals surface area contributed by atoms with Gasteiger partial charge in [0, 0.05) is 25.5 Å². The Bertz CT molecular complexity index is 424. The first-order chi connectivity index (χ1) is 8.00. The standard InChI is InChI=1S/C10H14ClO4PS/c1-14-16(13,15-2)7-8(12)3-4-10-9(11)5-6-17-10/h5-6H,3-4,7H2,1-2H3. The highest BCUT2D eigenvalue weighted by atomic mass is 35.5. The molecular weight excluding hydrogens is 283 g/mol. The summed E-state index contributed by atoms with van der Waals surface area (Å²) in [5.74, 6) is -0.151. The summed E-state index contributed by atoms with van der Waals surface area (Å²) in [6.45, 7) is 0. The molecule has 0 spiro atoms. The smallest absolute Gasteiger partial charge is 0.312 e. The van der Waals surface area contributed by atoms with Gasteiger partial charge in [0.15, 0.2) is 0 Å². The first-order valence-electron chi connectivity index (χ1n) is 4.95. The van der Waals surface area contributed by atoms with Gasteiger partial charge in [0.05, 0.1) is 5.02 Å². The van der Waals surface area contributed by atoms with E-state index in [1.165, 1.54) is 25.6 Å². The van der Waals surface area contributed by atoms with Crippen LogP contribution in [0.25, 0.3) is 0 Å². The Labute approximate surface area is 109 Å². The summed E-state index contributed by atoms with van der Waals surface area (Å²) in [7, 11) is -0.692. The van der Waals surface area contributed by atoms with Crippen molar-refractivity contribution in [1.82, 2.24) is 0 Å². The molecule has 17 heavy (non-hydrogen) atoms. The van der Waals surface area contributed by atoms with E-state index in [1.54, 1.807) is 6.07 Å². The molecule has 1 heterocycles. The molecule has 1 aromatic rings. The van der Waals surface area contributed by atoms with Crippen LogP contribution in [0, 0.1) is 0 Å². The first-order valence-corrected chi connectivity index (χ1v) is 7.93. The molecule has 0 fully saturated rings. The summed E-state index contributed by atoms with van der Waals surface area (Å²) in [6.07, 6.45) is 0.655. The molecule has 0 amide bonds. The molecule has 0 unspecified atom stereocenters. The quantitative estimate of drug-likeness (QED) is 0.724. The topological polar surface area (TPSA) is 52.6 Å². The second-order valence-corrected chi connectivity index (χ2v) is 7.04. The molecule has 0 aliphatic rings. The molecule has 0 aliphatic heterocycles. The van der Waals surface area contributed by atoms with Gasteiger partial charge in [-0.1, -0.05) is 11.6 Å². The van der Waals surface area contributed by atoms with Gasteiger partial charge in [-0.05, 0) is 17.9 Å². The van der Waals surface area contributed by atoms with Crippen molar-refractivity contribution in [1.29, 1.82) is 0 Å². The van der Waals surface area contributed by atoms with Gasteiger partial charge in [0.1, 0.15) is 11.9 Å². The van der Waals surface area contributed by atoms with Gasteiger partial charge in [0.25, 0.3) is 0 Å². The average molecular weight is 297 g/mol. The lowest BCUT2D eigenvalue weighted by Gasteiger charge is -2.12. The predicted octanol–water partition coefficient (Wildman–Crippen LogP) is 3.39. The Hall–Kier alpha value is -0.190. The maximum atomic E-state index is 11.7. The van der Waals surface area contributed by atoms with Gasteiger partial charge >= 0.3 is 7.60 Å². The fourth-order valence-electron chi connectivity index (χ4n) is 1.26. The number of halogens is 1. The number of rotatable bonds is 7. The zero-order valence-corrected chi connectivity index (χ0v) is 12.1. The van der Waals surface area contributed by atoms with Crippen LogP contribution in [0.4, 0.5) is 0 Å². The van der Waals surface area contributed by atoms with E-state index >= 15 is 0 Å². The lowest BCUT2D eigenvalue weighted by molar-refractivity contribution is -0.116. The van der Waals surface area contributed by atoms with Crippen molar-refractivity contribution in [2.75, 3.05) is 20.4 Å². The van der Waals surface area contributed by atoms with Crippen molar-refractivity contribution >= 4 is 36.3 Å². The number of carbonyl (C=O) groups is 1. The SMILES string of the molecule is COP(=O)(CC(=O)CCc1sccc1Cl)OC. The van der Waals surface area contributed by atoms with Gasteiger partial charge in [-0.2, -0.15) is 0 Å². The molecule has 1 rings (SSSR count). The molecule has 1 aromatic heterocycles. The highest BCUT2D eigenvalue weighted by molar-refractivity contribution is 7.54. The van der Waals surface area contributed by atoms with Crippen LogP contribution in [-0.2, 0) is 24.8 Å². The van der Waals surface area contributed by atoms with E-state index in [-0.39, 0.29) is 18.4 Å². The van der Waals surface area contributed by atoms with Crippen LogP contribution >= 0.6 is 30.5 Å². The van der Waals surface area contributed by atoms with Crippen molar-refractivity contribution in [3.8, 4) is 0 Å². The summed E-state index contributed by atoms with van der Waals surface area (Å²) < 4.78 is 21.1. The van der Waals surface area contributed by atoms with Crippen molar-refractivity contribution in [2.24, 2.45) is 0 Å². The van der Waals surface area contributed by atoms with Gasteiger partial charge < -0.3 is 9.05 Å². The number of thiophene rings is 1. The van der Waals surface area contributed by atoms with Crippen LogP contribution < -0.4 is 0 Å². The Morgan fingerprint density at radius 1 is 1.47 bits per heavy atom. The third-order valence-electron chi connectivity index (χ3n) is 2.25. The summed E-state index contributed by atoms with van der Waals surface area (Å²) in [6, 6.07) is 1.79. The second-order valence-electron chi connectivity index (χ2n) is 3.36. The third-order valence-corrected chi connectivity index (χ3v) is 5.55. The highest BCUT2D eigenvalue weighted by Crippen LogP contribution is 2.46. The predicted molar refractivity (Wildman–Crippen MR) is 69.1 cm³/mol. The van der Waals surface area contributed by atoms with Crippen molar-refractivity contribution in [3.63, 3.8) is 0 Å². The minimum absolute atomic E-state index is 0.151. The van der Waals surface area contributed by atoms with Gasteiger partial charge in [-0.25, -0.2) is 0 Å². The van der Waals surface area contributed by atoms with E-state index in [9.17, 15) is 9.36 Å². The molecule has 0 N–H and O–H groups in total. The normalized spacial score (nSPS) is 11.7. The van der Waals surface area contributed by atoms with Crippen molar-refractivity contribution < 1.29 is 18.4 Å². The Balaban J connectivity index is 2.46. The first kappa shape index (κ1) is 14.9. The lowest BCUT2D eigenvalue weighted by Crippen LogP contribution is -2.08. The van der Waals surface area contributed by atoms with E-state index < -0.39 is 7.60 Å². The molecule has 96 valence electrons. The summed E-state index contributed by atoms with van der Waals surface area (Å²) in [5.41, 5.74) is 0. The van der Waals surface area contributed by atoms with Gasteiger partial charge in [-0.3, -0.25) is 9.36 Å². The third kappa shape index (κ3) is 4.53. The van der Waals surface area contributed by atoms with Crippen LogP contribution in [0.3, 0.4) is 0 Å². The van der Waals surface area contributed by atoms with E-state index in [1.807, 2.05) is 5.38 Å². The van der Waals surface area contributed by atoms with Crippen LogP contribution in [0.1, 0.15) is 11.3 Å². The van der Waals surface area contributed by atoms with Crippen molar-refractivity contribution in [2.45, 2.75) is 12.8 Å². The van der Waals surface area contributed by atoms with E-state index in [0.717, 1.165) is 4.88 Å². The maximum absolute atomic E-state index is 11.7.